The van der Waals surface area contributed by atoms with E-state index in [0.717, 1.165) is 23.5 Å². The van der Waals surface area contributed by atoms with Crippen LogP contribution in [0.1, 0.15) is 20.3 Å². The molecule has 4 N–H and O–H groups in total. The normalized spacial score (nSPS) is 14.3. The van der Waals surface area contributed by atoms with E-state index in [4.69, 9.17) is 5.73 Å². The topological polar surface area (TPSA) is 70.9 Å². The molecule has 0 aliphatic carbocycles. The van der Waals surface area contributed by atoms with Crippen LogP contribution in [0, 0.1) is 0 Å². The molecular weight excluding hydrogens is 270 g/mol. The lowest BCUT2D eigenvalue weighted by Crippen LogP contribution is -2.55. The second-order valence-electron chi connectivity index (χ2n) is 5.13. The van der Waals surface area contributed by atoms with E-state index in [1.54, 1.807) is 11.8 Å². The van der Waals surface area contributed by atoms with E-state index >= 15 is 0 Å². The zero-order chi connectivity index (χ0) is 14.6. The van der Waals surface area contributed by atoms with Crippen molar-refractivity contribution in [3.63, 3.8) is 0 Å². The number of thioether (sulfide) groups is 1. The number of nitrogens with two attached hydrogens (primary N) is 1. The molecule has 1 amide bonds. The minimum absolute atomic E-state index is 0.311. The predicted molar refractivity (Wildman–Crippen MR) is 84.9 cm³/mol. The van der Waals surface area contributed by atoms with Gasteiger partial charge in [0.15, 0.2) is 0 Å². The van der Waals surface area contributed by atoms with Gasteiger partial charge in [0.1, 0.15) is 5.54 Å². The van der Waals surface area contributed by atoms with Gasteiger partial charge in [0.05, 0.1) is 5.03 Å². The zero-order valence-corrected chi connectivity index (χ0v) is 12.7. The molecule has 0 aliphatic heterocycles. The molecule has 4 nitrogen and oxygen atoms in total. The maximum absolute atomic E-state index is 11.7. The number of primary amides is 1. The summed E-state index contributed by atoms with van der Waals surface area (Å²) < 4.78 is 0. The summed E-state index contributed by atoms with van der Waals surface area (Å²) in [6, 6.07) is 10.2. The molecule has 0 spiro atoms. The molecule has 108 valence electrons. The number of benzene rings is 1. The van der Waals surface area contributed by atoms with Crippen LogP contribution in [0.3, 0.4) is 0 Å². The Labute approximate surface area is 123 Å². The Hall–Kier alpha value is -1.46. The third-order valence-corrected chi connectivity index (χ3v) is 4.58. The van der Waals surface area contributed by atoms with Crippen molar-refractivity contribution in [3.05, 3.63) is 30.3 Å². The van der Waals surface area contributed by atoms with Crippen LogP contribution in [0.25, 0.3) is 10.9 Å². The Morgan fingerprint density at radius 1 is 1.45 bits per heavy atom. The third-order valence-electron chi connectivity index (χ3n) is 3.33. The summed E-state index contributed by atoms with van der Waals surface area (Å²) in [6.07, 6.45) is 0.972. The minimum Gasteiger partial charge on any atom is -0.368 e. The Kier molecular flexibility index (Phi) is 4.73. The zero-order valence-electron chi connectivity index (χ0n) is 11.9. The van der Waals surface area contributed by atoms with E-state index in [1.165, 1.54) is 5.39 Å². The molecule has 1 aromatic heterocycles. The van der Waals surface area contributed by atoms with Gasteiger partial charge in [-0.05, 0) is 32.0 Å². The summed E-state index contributed by atoms with van der Waals surface area (Å²) in [5.41, 5.74) is 5.95. The van der Waals surface area contributed by atoms with E-state index in [2.05, 4.69) is 29.4 Å². The van der Waals surface area contributed by atoms with Crippen molar-refractivity contribution in [1.29, 1.82) is 0 Å². The van der Waals surface area contributed by atoms with Crippen LogP contribution in [-0.2, 0) is 4.79 Å². The Bertz CT molecular complexity index is 563. The smallest absolute Gasteiger partial charge is 0.238 e. The number of rotatable bonds is 7. The van der Waals surface area contributed by atoms with Crippen LogP contribution >= 0.6 is 11.8 Å². The summed E-state index contributed by atoms with van der Waals surface area (Å²) in [6.45, 7) is 4.71. The predicted octanol–water partition coefficient (Wildman–Crippen LogP) is 2.50. The van der Waals surface area contributed by atoms with Gasteiger partial charge in [-0.1, -0.05) is 25.1 Å². The average molecular weight is 291 g/mol. The van der Waals surface area contributed by atoms with Gasteiger partial charge in [-0.3, -0.25) is 4.79 Å². The number of aromatic amines is 1. The third kappa shape index (κ3) is 3.35. The first kappa shape index (κ1) is 14.9. The monoisotopic (exact) mass is 291 g/mol. The first-order valence-electron chi connectivity index (χ1n) is 6.80. The molecule has 1 unspecified atom stereocenters. The van der Waals surface area contributed by atoms with Gasteiger partial charge in [0, 0.05) is 16.7 Å². The molecule has 0 saturated carbocycles. The number of hydrogen-bond acceptors (Lipinski definition) is 3. The summed E-state index contributed by atoms with van der Waals surface area (Å²) >= 11 is 1.61. The highest BCUT2D eigenvalue weighted by Gasteiger charge is 2.30. The van der Waals surface area contributed by atoms with Crippen molar-refractivity contribution in [2.45, 2.75) is 30.8 Å². The van der Waals surface area contributed by atoms with E-state index in [9.17, 15) is 4.79 Å². The first-order valence-corrected chi connectivity index (χ1v) is 7.79. The second kappa shape index (κ2) is 6.33. The van der Waals surface area contributed by atoms with E-state index < -0.39 is 5.54 Å². The number of carbonyl (C=O) groups excluding carboxylic acids is 1. The van der Waals surface area contributed by atoms with Gasteiger partial charge in [0.2, 0.25) is 5.91 Å². The minimum atomic E-state index is -0.683. The van der Waals surface area contributed by atoms with Crippen molar-refractivity contribution >= 4 is 28.6 Å². The van der Waals surface area contributed by atoms with Crippen molar-refractivity contribution in [1.82, 2.24) is 10.3 Å². The number of nitrogens with one attached hydrogen (secondary N) is 2. The van der Waals surface area contributed by atoms with Crippen molar-refractivity contribution in [2.75, 3.05) is 12.3 Å². The second-order valence-corrected chi connectivity index (χ2v) is 6.15. The van der Waals surface area contributed by atoms with E-state index in [0.29, 0.717) is 5.75 Å². The molecule has 2 aromatic rings. The lowest BCUT2D eigenvalue weighted by molar-refractivity contribution is -0.122. The first-order chi connectivity index (χ1) is 9.55. The quantitative estimate of drug-likeness (QED) is 0.686. The highest BCUT2D eigenvalue weighted by atomic mass is 32.2. The molecule has 1 aromatic carbocycles. The Balaban J connectivity index is 2.06. The maximum Gasteiger partial charge on any atom is 0.238 e. The summed E-state index contributed by atoms with van der Waals surface area (Å²) in [7, 11) is 0. The molecular formula is C15H21N3OS. The van der Waals surface area contributed by atoms with Crippen LogP contribution in [0.2, 0.25) is 0 Å². The standard InChI is InChI=1S/C15H21N3OS/c1-3-8-17-15(2,14(16)19)10-20-13-9-11-6-4-5-7-12(11)18-13/h4-7,9,17-18H,3,8,10H2,1-2H3,(H2,16,19). The van der Waals surface area contributed by atoms with Gasteiger partial charge in [0.25, 0.3) is 0 Å². The molecule has 0 saturated heterocycles. The largest absolute Gasteiger partial charge is 0.368 e. The molecule has 1 heterocycles. The molecule has 0 aliphatic rings. The fourth-order valence-electron chi connectivity index (χ4n) is 1.96. The summed E-state index contributed by atoms with van der Waals surface area (Å²) in [4.78, 5) is 15.0. The number of H-pyrrole nitrogens is 1. The molecule has 0 radical (unpaired) electrons. The maximum atomic E-state index is 11.7. The van der Waals surface area contributed by atoms with Crippen molar-refractivity contribution in [3.8, 4) is 0 Å². The number of hydrogen-bond donors (Lipinski definition) is 3. The highest BCUT2D eigenvalue weighted by Crippen LogP contribution is 2.26. The van der Waals surface area contributed by atoms with Gasteiger partial charge >= 0.3 is 0 Å². The average Bonchev–Trinajstić information content (AvgIpc) is 2.85. The summed E-state index contributed by atoms with van der Waals surface area (Å²) in [5.74, 6) is 0.296. The van der Waals surface area contributed by atoms with Gasteiger partial charge in [-0.25, -0.2) is 0 Å². The van der Waals surface area contributed by atoms with Gasteiger partial charge in [-0.15, -0.1) is 11.8 Å². The fourth-order valence-corrected chi connectivity index (χ4v) is 3.04. The Morgan fingerprint density at radius 3 is 2.85 bits per heavy atom. The number of amides is 1. The molecule has 2 rings (SSSR count). The Morgan fingerprint density at radius 2 is 2.20 bits per heavy atom. The SMILES string of the molecule is CCCNC(C)(CSc1cc2ccccc2[nH]1)C(N)=O. The van der Waals surface area contributed by atoms with Crippen molar-refractivity contribution in [2.24, 2.45) is 5.73 Å². The van der Waals surface area contributed by atoms with Gasteiger partial charge in [-0.2, -0.15) is 0 Å². The van der Waals surface area contributed by atoms with E-state index in [-0.39, 0.29) is 5.91 Å². The molecule has 0 fully saturated rings. The lowest BCUT2D eigenvalue weighted by Gasteiger charge is -2.26. The highest BCUT2D eigenvalue weighted by molar-refractivity contribution is 7.99. The number of aromatic nitrogens is 1. The van der Waals surface area contributed by atoms with Gasteiger partial charge < -0.3 is 16.0 Å². The molecule has 5 heteroatoms. The van der Waals surface area contributed by atoms with E-state index in [1.807, 2.05) is 25.1 Å². The van der Waals surface area contributed by atoms with Crippen molar-refractivity contribution < 1.29 is 4.79 Å². The van der Waals surface area contributed by atoms with Crippen LogP contribution in [0.4, 0.5) is 0 Å². The number of carbonyl (C=O) groups is 1. The number of para-hydroxylation sites is 1. The van der Waals surface area contributed by atoms with Crippen LogP contribution in [0.5, 0.6) is 0 Å². The van der Waals surface area contributed by atoms with Crippen LogP contribution in [-0.4, -0.2) is 28.7 Å². The summed E-state index contributed by atoms with van der Waals surface area (Å²) in [5, 5.41) is 5.47. The number of fused-ring (bicyclic) bond motifs is 1. The molecule has 20 heavy (non-hydrogen) atoms. The van der Waals surface area contributed by atoms with Crippen LogP contribution < -0.4 is 11.1 Å². The molecule has 0 bridgehead atoms. The van der Waals surface area contributed by atoms with Crippen LogP contribution in [0.15, 0.2) is 35.4 Å². The molecule has 1 atom stereocenters. The fraction of sp³-hybridized carbons (Fsp3) is 0.400. The lowest BCUT2D eigenvalue weighted by atomic mass is 10.1.